The lowest BCUT2D eigenvalue weighted by atomic mass is 9.96. The number of benzene rings is 3. The van der Waals surface area contributed by atoms with Gasteiger partial charge < -0.3 is 16.4 Å². The predicted octanol–water partition coefficient (Wildman–Crippen LogP) is 6.26. The molecule has 0 radical (unpaired) electrons. The SMILES string of the molecule is Nc1cccc(CCNc2ccc(NC(=O)c3cc(C(F)(F)F)ccc3-c3ccccc3)cc2)n1. The van der Waals surface area contributed by atoms with Gasteiger partial charge in [-0.25, -0.2) is 4.98 Å². The zero-order valence-corrected chi connectivity index (χ0v) is 18.6. The summed E-state index contributed by atoms with van der Waals surface area (Å²) < 4.78 is 40.0. The number of carbonyl (C=O) groups excluding carboxylic acids is 1. The Balaban J connectivity index is 1.47. The van der Waals surface area contributed by atoms with Crippen LogP contribution >= 0.6 is 0 Å². The third-order valence-corrected chi connectivity index (χ3v) is 5.36. The molecular formula is C27H23F3N4O. The Labute approximate surface area is 200 Å². The number of amides is 1. The van der Waals surface area contributed by atoms with Crippen LogP contribution in [0, 0.1) is 0 Å². The van der Waals surface area contributed by atoms with Crippen LogP contribution in [0.25, 0.3) is 11.1 Å². The first kappa shape index (κ1) is 23.8. The van der Waals surface area contributed by atoms with Crippen LogP contribution in [0.5, 0.6) is 0 Å². The maximum atomic E-state index is 13.3. The van der Waals surface area contributed by atoms with Gasteiger partial charge in [0.2, 0.25) is 0 Å². The first-order chi connectivity index (χ1) is 16.8. The van der Waals surface area contributed by atoms with E-state index in [-0.39, 0.29) is 5.56 Å². The van der Waals surface area contributed by atoms with E-state index in [1.807, 2.05) is 12.1 Å². The Hall–Kier alpha value is -4.33. The average molecular weight is 477 g/mol. The highest BCUT2D eigenvalue weighted by molar-refractivity contribution is 6.09. The number of hydrogen-bond acceptors (Lipinski definition) is 4. The number of nitrogens with one attached hydrogen (secondary N) is 2. The van der Waals surface area contributed by atoms with Crippen molar-refractivity contribution < 1.29 is 18.0 Å². The number of aromatic nitrogens is 1. The van der Waals surface area contributed by atoms with Crippen LogP contribution in [0.1, 0.15) is 21.6 Å². The van der Waals surface area contributed by atoms with Gasteiger partial charge in [0.25, 0.3) is 5.91 Å². The molecule has 0 saturated carbocycles. The molecule has 0 aliphatic heterocycles. The van der Waals surface area contributed by atoms with Crippen LogP contribution < -0.4 is 16.4 Å². The zero-order valence-electron chi connectivity index (χ0n) is 18.6. The highest BCUT2D eigenvalue weighted by Gasteiger charge is 2.32. The molecule has 1 amide bonds. The van der Waals surface area contributed by atoms with Crippen molar-refractivity contribution in [2.45, 2.75) is 12.6 Å². The molecule has 4 rings (SSSR count). The van der Waals surface area contributed by atoms with Crippen LogP contribution in [-0.4, -0.2) is 17.4 Å². The van der Waals surface area contributed by atoms with Crippen molar-refractivity contribution in [3.8, 4) is 11.1 Å². The number of anilines is 3. The summed E-state index contributed by atoms with van der Waals surface area (Å²) in [4.78, 5) is 17.3. The fraction of sp³-hybridized carbons (Fsp3) is 0.111. The summed E-state index contributed by atoms with van der Waals surface area (Å²) in [6.07, 6.45) is -3.88. The molecule has 3 aromatic carbocycles. The number of nitrogen functional groups attached to an aromatic ring is 1. The van der Waals surface area contributed by atoms with Gasteiger partial charge in [0.15, 0.2) is 0 Å². The molecule has 4 N–H and O–H groups in total. The van der Waals surface area contributed by atoms with Crippen molar-refractivity contribution in [2.24, 2.45) is 0 Å². The van der Waals surface area contributed by atoms with Gasteiger partial charge in [0.1, 0.15) is 5.82 Å². The molecule has 0 saturated heterocycles. The summed E-state index contributed by atoms with van der Waals surface area (Å²) in [5, 5.41) is 5.97. The minimum atomic E-state index is -4.56. The molecule has 1 aromatic heterocycles. The second-order valence-corrected chi connectivity index (χ2v) is 7.89. The molecule has 0 atom stereocenters. The number of nitrogens with two attached hydrogens (primary N) is 1. The maximum Gasteiger partial charge on any atom is 0.416 e. The molecule has 0 fully saturated rings. The minimum Gasteiger partial charge on any atom is -0.385 e. The standard InChI is InChI=1S/C27H23F3N4O/c28-27(29,30)19-9-14-23(18-5-2-1-3-6-18)24(17-19)26(35)34-22-12-10-20(11-13-22)32-16-15-21-7-4-8-25(31)33-21/h1-14,17,32H,15-16H2,(H2,31,33)(H,34,35). The highest BCUT2D eigenvalue weighted by atomic mass is 19.4. The molecule has 0 aliphatic rings. The van der Waals surface area contributed by atoms with Crippen molar-refractivity contribution in [1.29, 1.82) is 0 Å². The van der Waals surface area contributed by atoms with E-state index in [9.17, 15) is 18.0 Å². The molecule has 178 valence electrons. The van der Waals surface area contributed by atoms with Crippen LogP contribution in [0.4, 0.5) is 30.4 Å². The molecule has 0 spiro atoms. The summed E-state index contributed by atoms with van der Waals surface area (Å²) in [7, 11) is 0. The number of rotatable bonds is 7. The molecule has 0 bridgehead atoms. The first-order valence-corrected chi connectivity index (χ1v) is 10.9. The summed E-state index contributed by atoms with van der Waals surface area (Å²) >= 11 is 0. The Morgan fingerprint density at radius 1 is 0.857 bits per heavy atom. The Bertz CT molecular complexity index is 1310. The number of halogens is 3. The summed E-state index contributed by atoms with van der Waals surface area (Å²) in [6, 6.07) is 24.5. The van der Waals surface area contributed by atoms with Gasteiger partial charge in [0.05, 0.1) is 5.56 Å². The van der Waals surface area contributed by atoms with Crippen LogP contribution in [0.15, 0.2) is 91.0 Å². The third kappa shape index (κ3) is 6.17. The Morgan fingerprint density at radius 2 is 1.57 bits per heavy atom. The van der Waals surface area contributed by atoms with E-state index < -0.39 is 17.6 Å². The van der Waals surface area contributed by atoms with E-state index in [0.29, 0.717) is 35.6 Å². The number of pyridine rings is 1. The summed E-state index contributed by atoms with van der Waals surface area (Å²) in [5.74, 6) is -0.151. The molecule has 0 aliphatic carbocycles. The highest BCUT2D eigenvalue weighted by Crippen LogP contribution is 2.34. The number of nitrogens with zero attached hydrogens (tertiary/aromatic N) is 1. The number of hydrogen-bond donors (Lipinski definition) is 3. The Kier molecular flexibility index (Phi) is 7.01. The second kappa shape index (κ2) is 10.3. The Morgan fingerprint density at radius 3 is 2.26 bits per heavy atom. The average Bonchev–Trinajstić information content (AvgIpc) is 2.85. The lowest BCUT2D eigenvalue weighted by Crippen LogP contribution is -2.15. The summed E-state index contributed by atoms with van der Waals surface area (Å²) in [5.41, 5.74) is 8.00. The van der Waals surface area contributed by atoms with Gasteiger partial charge in [-0.3, -0.25) is 4.79 Å². The van der Waals surface area contributed by atoms with Crippen molar-refractivity contribution in [3.63, 3.8) is 0 Å². The van der Waals surface area contributed by atoms with Crippen LogP contribution in [0.2, 0.25) is 0 Å². The van der Waals surface area contributed by atoms with Gasteiger partial charge in [-0.05, 0) is 59.7 Å². The number of alkyl halides is 3. The minimum absolute atomic E-state index is 0.0529. The van der Waals surface area contributed by atoms with Gasteiger partial charge in [-0.15, -0.1) is 0 Å². The van der Waals surface area contributed by atoms with Crippen molar-refractivity contribution in [1.82, 2.24) is 4.98 Å². The van der Waals surface area contributed by atoms with E-state index >= 15 is 0 Å². The molecule has 1 heterocycles. The second-order valence-electron chi connectivity index (χ2n) is 7.89. The largest absolute Gasteiger partial charge is 0.416 e. The zero-order chi connectivity index (χ0) is 24.8. The molecule has 8 heteroatoms. The first-order valence-electron chi connectivity index (χ1n) is 10.9. The van der Waals surface area contributed by atoms with Gasteiger partial charge in [-0.1, -0.05) is 42.5 Å². The van der Waals surface area contributed by atoms with E-state index in [1.165, 1.54) is 6.07 Å². The van der Waals surface area contributed by atoms with E-state index in [1.54, 1.807) is 60.7 Å². The monoisotopic (exact) mass is 476 g/mol. The molecule has 35 heavy (non-hydrogen) atoms. The van der Waals surface area contributed by atoms with E-state index in [4.69, 9.17) is 5.73 Å². The van der Waals surface area contributed by atoms with Crippen molar-refractivity contribution in [3.05, 3.63) is 108 Å². The molecule has 5 nitrogen and oxygen atoms in total. The van der Waals surface area contributed by atoms with Crippen LogP contribution in [-0.2, 0) is 12.6 Å². The van der Waals surface area contributed by atoms with E-state index in [0.717, 1.165) is 23.5 Å². The normalized spacial score (nSPS) is 11.2. The van der Waals surface area contributed by atoms with Gasteiger partial charge in [-0.2, -0.15) is 13.2 Å². The van der Waals surface area contributed by atoms with Gasteiger partial charge in [0, 0.05) is 35.6 Å². The lowest BCUT2D eigenvalue weighted by molar-refractivity contribution is -0.137. The van der Waals surface area contributed by atoms with E-state index in [2.05, 4.69) is 15.6 Å². The fourth-order valence-electron chi connectivity index (χ4n) is 3.62. The lowest BCUT2D eigenvalue weighted by Gasteiger charge is -2.14. The van der Waals surface area contributed by atoms with Crippen LogP contribution in [0.3, 0.4) is 0 Å². The fourth-order valence-corrected chi connectivity index (χ4v) is 3.62. The van der Waals surface area contributed by atoms with Crippen molar-refractivity contribution >= 4 is 23.1 Å². The predicted molar refractivity (Wildman–Crippen MR) is 132 cm³/mol. The third-order valence-electron chi connectivity index (χ3n) is 5.36. The van der Waals surface area contributed by atoms with Gasteiger partial charge >= 0.3 is 6.18 Å². The van der Waals surface area contributed by atoms with Crippen molar-refractivity contribution in [2.75, 3.05) is 22.9 Å². The summed E-state index contributed by atoms with van der Waals surface area (Å²) in [6.45, 7) is 0.632. The maximum absolute atomic E-state index is 13.3. The molecule has 4 aromatic rings. The molecular weight excluding hydrogens is 453 g/mol. The quantitative estimate of drug-likeness (QED) is 0.294. The topological polar surface area (TPSA) is 80.0 Å². The smallest absolute Gasteiger partial charge is 0.385 e. The number of carbonyl (C=O) groups is 1. The molecule has 0 unspecified atom stereocenters.